The fourth-order valence-electron chi connectivity index (χ4n) is 3.38. The first-order chi connectivity index (χ1) is 14.1. The van der Waals surface area contributed by atoms with Gasteiger partial charge in [-0.15, -0.1) is 0 Å². The summed E-state index contributed by atoms with van der Waals surface area (Å²) in [5, 5.41) is 0.586. The number of hydrogen-bond donors (Lipinski definition) is 3. The van der Waals surface area contributed by atoms with Gasteiger partial charge in [-0.05, 0) is 36.2 Å². The van der Waals surface area contributed by atoms with Crippen molar-refractivity contribution in [1.82, 2.24) is 14.7 Å². The van der Waals surface area contributed by atoms with Gasteiger partial charge in [0.15, 0.2) is 0 Å². The van der Waals surface area contributed by atoms with Crippen LogP contribution in [0.3, 0.4) is 0 Å². The summed E-state index contributed by atoms with van der Waals surface area (Å²) in [5.41, 5.74) is -0.339. The van der Waals surface area contributed by atoms with E-state index in [1.54, 1.807) is 6.20 Å². The second kappa shape index (κ2) is 7.29. The number of alkyl halides is 3. The van der Waals surface area contributed by atoms with Crippen LogP contribution in [0.15, 0.2) is 64.4 Å². The summed E-state index contributed by atoms with van der Waals surface area (Å²) in [6, 6.07) is 11.2. The molecule has 10 heteroatoms. The fourth-order valence-corrected chi connectivity index (χ4v) is 4.43. The Labute approximate surface area is 168 Å². The van der Waals surface area contributed by atoms with E-state index in [-0.39, 0.29) is 22.3 Å². The normalized spacial score (nSPS) is 12.6. The van der Waals surface area contributed by atoms with Gasteiger partial charge in [0, 0.05) is 40.6 Å². The number of aromatic amines is 2. The molecule has 0 radical (unpaired) electrons. The molecule has 0 saturated heterocycles. The summed E-state index contributed by atoms with van der Waals surface area (Å²) in [4.78, 5) is 16.6. The zero-order chi connectivity index (χ0) is 21.5. The average molecular weight is 435 g/mol. The highest BCUT2D eigenvalue weighted by molar-refractivity contribution is 7.89. The molecule has 2 aromatic heterocycles. The van der Waals surface area contributed by atoms with Crippen LogP contribution in [0.4, 0.5) is 13.2 Å². The molecule has 3 N–H and O–H groups in total. The molecule has 0 unspecified atom stereocenters. The summed E-state index contributed by atoms with van der Waals surface area (Å²) in [7, 11) is -4.05. The standard InChI is InChI=1S/C20H16F3N3O3S/c21-20(22,23)16-10-19(27)26-18-6-5-13(9-15(16)18)30(28,29)25-8-7-12-11-24-17-4-2-1-3-14(12)17/h1-6,9-11,24-25H,7-8H2,(H,26,27). The molecule has 4 aromatic rings. The Bertz CT molecular complexity index is 1410. The summed E-state index contributed by atoms with van der Waals surface area (Å²) in [6.07, 6.45) is -2.60. The van der Waals surface area contributed by atoms with Crippen LogP contribution >= 0.6 is 0 Å². The fraction of sp³-hybridized carbons (Fsp3) is 0.150. The number of rotatable bonds is 5. The molecule has 0 atom stereocenters. The second-order valence-electron chi connectivity index (χ2n) is 6.76. The first-order valence-electron chi connectivity index (χ1n) is 8.94. The lowest BCUT2D eigenvalue weighted by Gasteiger charge is -2.12. The van der Waals surface area contributed by atoms with Crippen LogP contribution in [-0.4, -0.2) is 24.9 Å². The van der Waals surface area contributed by atoms with Gasteiger partial charge in [-0.1, -0.05) is 18.2 Å². The van der Waals surface area contributed by atoms with E-state index in [1.165, 1.54) is 0 Å². The van der Waals surface area contributed by atoms with Crippen LogP contribution in [0.5, 0.6) is 0 Å². The third-order valence-corrected chi connectivity index (χ3v) is 6.25. The Morgan fingerprint density at radius 1 is 0.967 bits per heavy atom. The van der Waals surface area contributed by atoms with Crippen molar-refractivity contribution in [3.8, 4) is 0 Å². The van der Waals surface area contributed by atoms with E-state index in [2.05, 4.69) is 14.7 Å². The van der Waals surface area contributed by atoms with Crippen LogP contribution in [-0.2, 0) is 22.6 Å². The van der Waals surface area contributed by atoms with Crippen molar-refractivity contribution in [2.75, 3.05) is 6.54 Å². The number of nitrogens with one attached hydrogen (secondary N) is 3. The molecule has 2 heterocycles. The Morgan fingerprint density at radius 3 is 2.50 bits per heavy atom. The van der Waals surface area contributed by atoms with Gasteiger partial charge < -0.3 is 9.97 Å². The van der Waals surface area contributed by atoms with Gasteiger partial charge in [-0.2, -0.15) is 13.2 Å². The van der Waals surface area contributed by atoms with Crippen LogP contribution in [0.2, 0.25) is 0 Å². The van der Waals surface area contributed by atoms with Crippen molar-refractivity contribution in [1.29, 1.82) is 0 Å². The van der Waals surface area contributed by atoms with E-state index < -0.39 is 27.3 Å². The Morgan fingerprint density at radius 2 is 1.73 bits per heavy atom. The van der Waals surface area contributed by atoms with E-state index in [0.717, 1.165) is 34.7 Å². The Balaban J connectivity index is 1.60. The second-order valence-corrected chi connectivity index (χ2v) is 8.53. The maximum absolute atomic E-state index is 13.3. The number of halogens is 3. The van der Waals surface area contributed by atoms with Gasteiger partial charge in [0.05, 0.1) is 10.5 Å². The van der Waals surface area contributed by atoms with E-state index in [4.69, 9.17) is 0 Å². The van der Waals surface area contributed by atoms with Gasteiger partial charge in [-0.3, -0.25) is 4.79 Å². The molecule has 0 spiro atoms. The molecule has 0 saturated carbocycles. The molecule has 0 amide bonds. The number of H-pyrrole nitrogens is 2. The number of benzene rings is 2. The van der Waals surface area contributed by atoms with E-state index in [9.17, 15) is 26.4 Å². The van der Waals surface area contributed by atoms with E-state index >= 15 is 0 Å². The largest absolute Gasteiger partial charge is 0.417 e. The minimum Gasteiger partial charge on any atom is -0.361 e. The quantitative estimate of drug-likeness (QED) is 0.448. The molecular weight excluding hydrogens is 419 g/mol. The van der Waals surface area contributed by atoms with Gasteiger partial charge in [0.25, 0.3) is 0 Å². The number of hydrogen-bond acceptors (Lipinski definition) is 3. The van der Waals surface area contributed by atoms with Crippen LogP contribution in [0.1, 0.15) is 11.1 Å². The summed E-state index contributed by atoms with van der Waals surface area (Å²) in [6.45, 7) is 0.0694. The molecule has 0 aliphatic rings. The van der Waals surface area contributed by atoms with Crippen molar-refractivity contribution in [3.05, 3.63) is 76.2 Å². The maximum Gasteiger partial charge on any atom is 0.417 e. The smallest absolute Gasteiger partial charge is 0.361 e. The minimum atomic E-state index is -4.79. The highest BCUT2D eigenvalue weighted by Crippen LogP contribution is 2.34. The molecule has 0 fully saturated rings. The molecular formula is C20H16F3N3O3S. The highest BCUT2D eigenvalue weighted by atomic mass is 32.2. The van der Waals surface area contributed by atoms with Crippen LogP contribution in [0.25, 0.3) is 21.8 Å². The predicted octanol–water partition coefficient (Wildman–Crippen LogP) is 3.55. The number of sulfonamides is 1. The van der Waals surface area contributed by atoms with Crippen LogP contribution in [0, 0.1) is 0 Å². The summed E-state index contributed by atoms with van der Waals surface area (Å²) < 4.78 is 67.5. The maximum atomic E-state index is 13.3. The molecule has 156 valence electrons. The lowest BCUT2D eigenvalue weighted by molar-refractivity contribution is -0.136. The first-order valence-corrected chi connectivity index (χ1v) is 10.4. The first kappa shape index (κ1) is 20.2. The Hall–Kier alpha value is -3.11. The number of pyridine rings is 1. The van der Waals surface area contributed by atoms with Gasteiger partial charge >= 0.3 is 6.18 Å². The molecule has 0 aliphatic heterocycles. The SMILES string of the molecule is O=c1cc(C(F)(F)F)c2cc(S(=O)(=O)NCCc3c[nH]c4ccccc34)ccc2[nH]1. The third-order valence-electron chi connectivity index (χ3n) is 4.79. The average Bonchev–Trinajstić information content (AvgIpc) is 3.09. The predicted molar refractivity (Wildman–Crippen MR) is 107 cm³/mol. The third kappa shape index (κ3) is 3.83. The van der Waals surface area contributed by atoms with E-state index in [0.29, 0.717) is 12.5 Å². The molecule has 4 rings (SSSR count). The number of aromatic nitrogens is 2. The molecule has 0 bridgehead atoms. The minimum absolute atomic E-state index is 0.0694. The van der Waals surface area contributed by atoms with Gasteiger partial charge in [-0.25, -0.2) is 13.1 Å². The highest BCUT2D eigenvalue weighted by Gasteiger charge is 2.33. The van der Waals surface area contributed by atoms with Gasteiger partial charge in [0.1, 0.15) is 0 Å². The molecule has 0 aliphatic carbocycles. The van der Waals surface area contributed by atoms with Crippen LogP contribution < -0.4 is 10.3 Å². The number of fused-ring (bicyclic) bond motifs is 2. The molecule has 6 nitrogen and oxygen atoms in total. The van der Waals surface area contributed by atoms with Crippen molar-refractivity contribution >= 4 is 31.8 Å². The molecule has 30 heavy (non-hydrogen) atoms. The lowest BCUT2D eigenvalue weighted by atomic mass is 10.1. The summed E-state index contributed by atoms with van der Waals surface area (Å²) in [5.74, 6) is 0. The van der Waals surface area contributed by atoms with Crippen molar-refractivity contribution in [2.45, 2.75) is 17.5 Å². The van der Waals surface area contributed by atoms with Crippen molar-refractivity contribution < 1.29 is 21.6 Å². The van der Waals surface area contributed by atoms with Crippen molar-refractivity contribution in [2.24, 2.45) is 0 Å². The number of para-hydroxylation sites is 1. The molecule has 2 aromatic carbocycles. The van der Waals surface area contributed by atoms with Crippen molar-refractivity contribution in [3.63, 3.8) is 0 Å². The topological polar surface area (TPSA) is 94.8 Å². The Kier molecular flexibility index (Phi) is 4.91. The summed E-state index contributed by atoms with van der Waals surface area (Å²) >= 11 is 0. The van der Waals surface area contributed by atoms with Gasteiger partial charge in [0.2, 0.25) is 15.6 Å². The van der Waals surface area contributed by atoms with E-state index in [1.807, 2.05) is 24.3 Å². The monoisotopic (exact) mass is 435 g/mol. The zero-order valence-corrected chi connectivity index (χ0v) is 16.2. The zero-order valence-electron chi connectivity index (χ0n) is 15.4. The lowest BCUT2D eigenvalue weighted by Crippen LogP contribution is -2.26.